The number of nitrogens with one attached hydrogen (secondary N) is 2. The molecule has 2 heterocycles. The molecule has 6 nitrogen and oxygen atoms in total. The molecule has 2 aromatic rings. The molecule has 1 aromatic heterocycles. The molecule has 1 aliphatic rings. The lowest BCUT2D eigenvalue weighted by Crippen LogP contribution is -2.31. The van der Waals surface area contributed by atoms with Crippen LogP contribution in [0.1, 0.15) is 25.3 Å². The highest BCUT2D eigenvalue weighted by Crippen LogP contribution is 2.19. The molecule has 0 saturated carbocycles. The Labute approximate surface area is 127 Å². The fourth-order valence-corrected chi connectivity index (χ4v) is 2.78. The Balaban J connectivity index is 1.94. The summed E-state index contributed by atoms with van der Waals surface area (Å²) in [5, 5.41) is 4.01. The standard InChI is InChI=1S/C16H17N3O3/c1-2-5-13-15(21)19(16(22)18-13)9-10-8-17-14(20)12-7-4-3-6-11(10)12/h3-4,6-8,13H,2,5,9H2,1H3,(H,17,20)(H,18,22)/t13-/m0/s1. The summed E-state index contributed by atoms with van der Waals surface area (Å²) in [6.07, 6.45) is 3.03. The minimum Gasteiger partial charge on any atom is -0.328 e. The Morgan fingerprint density at radius 3 is 2.59 bits per heavy atom. The Kier molecular flexibility index (Phi) is 3.66. The van der Waals surface area contributed by atoms with Crippen LogP contribution in [0, 0.1) is 0 Å². The maximum Gasteiger partial charge on any atom is 0.325 e. The van der Waals surface area contributed by atoms with Gasteiger partial charge in [0.1, 0.15) is 6.04 Å². The van der Waals surface area contributed by atoms with E-state index in [0.717, 1.165) is 17.4 Å². The van der Waals surface area contributed by atoms with E-state index in [1.807, 2.05) is 19.1 Å². The number of carbonyl (C=O) groups excluding carboxylic acids is 2. The lowest BCUT2D eigenvalue weighted by atomic mass is 10.1. The second kappa shape index (κ2) is 5.63. The number of fused-ring (bicyclic) bond motifs is 1. The third-order valence-corrected chi connectivity index (χ3v) is 3.91. The number of hydrogen-bond donors (Lipinski definition) is 2. The molecule has 1 fully saturated rings. The van der Waals surface area contributed by atoms with E-state index in [9.17, 15) is 14.4 Å². The summed E-state index contributed by atoms with van der Waals surface area (Å²) >= 11 is 0. The third kappa shape index (κ3) is 2.36. The van der Waals surface area contributed by atoms with Crippen molar-refractivity contribution in [2.75, 3.05) is 0 Å². The number of urea groups is 1. The van der Waals surface area contributed by atoms with Crippen molar-refractivity contribution in [1.82, 2.24) is 15.2 Å². The van der Waals surface area contributed by atoms with Crippen LogP contribution in [-0.2, 0) is 11.3 Å². The normalized spacial score (nSPS) is 18.0. The van der Waals surface area contributed by atoms with E-state index in [4.69, 9.17) is 0 Å². The van der Waals surface area contributed by atoms with E-state index in [1.165, 1.54) is 4.90 Å². The van der Waals surface area contributed by atoms with Gasteiger partial charge >= 0.3 is 6.03 Å². The van der Waals surface area contributed by atoms with Gasteiger partial charge in [0, 0.05) is 11.6 Å². The fourth-order valence-electron chi connectivity index (χ4n) is 2.78. The van der Waals surface area contributed by atoms with Gasteiger partial charge < -0.3 is 10.3 Å². The van der Waals surface area contributed by atoms with E-state index < -0.39 is 6.04 Å². The molecular weight excluding hydrogens is 282 g/mol. The summed E-state index contributed by atoms with van der Waals surface area (Å²) in [6, 6.07) is 6.35. The monoisotopic (exact) mass is 299 g/mol. The molecule has 114 valence electrons. The minimum atomic E-state index is -0.438. The maximum absolute atomic E-state index is 12.3. The zero-order chi connectivity index (χ0) is 15.7. The molecule has 6 heteroatoms. The molecule has 1 aliphatic heterocycles. The molecule has 0 aliphatic carbocycles. The molecule has 1 atom stereocenters. The lowest BCUT2D eigenvalue weighted by molar-refractivity contribution is -0.128. The Bertz CT molecular complexity index is 797. The number of H-pyrrole nitrogens is 1. The summed E-state index contributed by atoms with van der Waals surface area (Å²) in [5.41, 5.74) is 0.566. The number of carbonyl (C=O) groups is 2. The van der Waals surface area contributed by atoms with Gasteiger partial charge in [-0.3, -0.25) is 14.5 Å². The molecule has 0 bridgehead atoms. The van der Waals surface area contributed by atoms with Crippen molar-refractivity contribution in [1.29, 1.82) is 0 Å². The Morgan fingerprint density at radius 1 is 1.14 bits per heavy atom. The van der Waals surface area contributed by atoms with Crippen molar-refractivity contribution in [3.05, 3.63) is 46.4 Å². The molecule has 22 heavy (non-hydrogen) atoms. The predicted octanol–water partition coefficient (Wildman–Crippen LogP) is 1.75. The van der Waals surface area contributed by atoms with Gasteiger partial charge in [0.05, 0.1) is 6.54 Å². The Morgan fingerprint density at radius 2 is 1.86 bits per heavy atom. The molecule has 0 radical (unpaired) electrons. The summed E-state index contributed by atoms with van der Waals surface area (Å²) in [6.45, 7) is 2.12. The van der Waals surface area contributed by atoms with Crippen molar-refractivity contribution in [2.45, 2.75) is 32.4 Å². The molecule has 1 aromatic carbocycles. The number of aromatic nitrogens is 1. The fraction of sp³-hybridized carbons (Fsp3) is 0.312. The van der Waals surface area contributed by atoms with Crippen LogP contribution in [0.3, 0.4) is 0 Å². The highest BCUT2D eigenvalue weighted by molar-refractivity contribution is 6.04. The predicted molar refractivity (Wildman–Crippen MR) is 82.3 cm³/mol. The van der Waals surface area contributed by atoms with E-state index in [2.05, 4.69) is 10.3 Å². The number of benzene rings is 1. The van der Waals surface area contributed by atoms with Crippen LogP contribution in [0.4, 0.5) is 4.79 Å². The van der Waals surface area contributed by atoms with E-state index in [1.54, 1.807) is 18.3 Å². The van der Waals surface area contributed by atoms with Gasteiger partial charge in [-0.1, -0.05) is 31.5 Å². The van der Waals surface area contributed by atoms with E-state index >= 15 is 0 Å². The molecule has 1 saturated heterocycles. The van der Waals surface area contributed by atoms with Crippen LogP contribution in [-0.4, -0.2) is 27.9 Å². The topological polar surface area (TPSA) is 82.3 Å². The van der Waals surface area contributed by atoms with Gasteiger partial charge in [0.2, 0.25) is 0 Å². The average molecular weight is 299 g/mol. The number of hydrogen-bond acceptors (Lipinski definition) is 3. The van der Waals surface area contributed by atoms with Crippen molar-refractivity contribution >= 4 is 22.7 Å². The summed E-state index contributed by atoms with van der Waals surface area (Å²) in [7, 11) is 0. The lowest BCUT2D eigenvalue weighted by Gasteiger charge is -2.14. The zero-order valence-corrected chi connectivity index (χ0v) is 12.3. The van der Waals surface area contributed by atoms with E-state index in [-0.39, 0.29) is 24.0 Å². The van der Waals surface area contributed by atoms with Gasteiger partial charge in [-0.15, -0.1) is 0 Å². The molecule has 0 spiro atoms. The number of pyridine rings is 1. The van der Waals surface area contributed by atoms with Crippen molar-refractivity contribution in [3.8, 4) is 0 Å². The summed E-state index contributed by atoms with van der Waals surface area (Å²) in [5.74, 6) is -0.206. The largest absolute Gasteiger partial charge is 0.328 e. The number of nitrogens with zero attached hydrogens (tertiary/aromatic N) is 1. The average Bonchev–Trinajstić information content (AvgIpc) is 2.78. The summed E-state index contributed by atoms with van der Waals surface area (Å²) < 4.78 is 0. The zero-order valence-electron chi connectivity index (χ0n) is 12.3. The van der Waals surface area contributed by atoms with Gasteiger partial charge in [-0.2, -0.15) is 0 Å². The third-order valence-electron chi connectivity index (χ3n) is 3.91. The highest BCUT2D eigenvalue weighted by atomic mass is 16.2. The summed E-state index contributed by atoms with van der Waals surface area (Å²) in [4.78, 5) is 40.0. The van der Waals surface area contributed by atoms with Crippen LogP contribution in [0.5, 0.6) is 0 Å². The van der Waals surface area contributed by atoms with Crippen LogP contribution in [0.2, 0.25) is 0 Å². The van der Waals surface area contributed by atoms with Crippen molar-refractivity contribution in [2.24, 2.45) is 0 Å². The van der Waals surface area contributed by atoms with E-state index in [0.29, 0.717) is 11.8 Å². The second-order valence-electron chi connectivity index (χ2n) is 5.40. The first-order valence-electron chi connectivity index (χ1n) is 7.33. The second-order valence-corrected chi connectivity index (χ2v) is 5.40. The molecule has 2 N–H and O–H groups in total. The number of amides is 3. The first kappa shape index (κ1) is 14.3. The number of aromatic amines is 1. The van der Waals surface area contributed by atoms with Gasteiger partial charge in [-0.25, -0.2) is 4.79 Å². The molecular formula is C16H17N3O3. The van der Waals surface area contributed by atoms with Crippen molar-refractivity contribution in [3.63, 3.8) is 0 Å². The first-order chi connectivity index (χ1) is 10.6. The SMILES string of the molecule is CCC[C@@H]1NC(=O)N(Cc2c[nH]c(=O)c3ccccc23)C1=O. The molecule has 3 rings (SSSR count). The van der Waals surface area contributed by atoms with Crippen molar-refractivity contribution < 1.29 is 9.59 Å². The van der Waals surface area contributed by atoms with Crippen LogP contribution < -0.4 is 10.9 Å². The van der Waals surface area contributed by atoms with Crippen LogP contribution >= 0.6 is 0 Å². The Hall–Kier alpha value is -2.63. The highest BCUT2D eigenvalue weighted by Gasteiger charge is 2.37. The maximum atomic E-state index is 12.3. The molecule has 3 amide bonds. The number of imide groups is 1. The van der Waals surface area contributed by atoms with Gasteiger partial charge in [-0.05, 0) is 23.4 Å². The van der Waals surface area contributed by atoms with Gasteiger partial charge in [0.25, 0.3) is 11.5 Å². The van der Waals surface area contributed by atoms with Gasteiger partial charge in [0.15, 0.2) is 0 Å². The van der Waals surface area contributed by atoms with Crippen LogP contribution in [0.15, 0.2) is 35.3 Å². The quantitative estimate of drug-likeness (QED) is 0.844. The number of rotatable bonds is 4. The van der Waals surface area contributed by atoms with Crippen LogP contribution in [0.25, 0.3) is 10.8 Å². The molecule has 0 unspecified atom stereocenters. The minimum absolute atomic E-state index is 0.155. The first-order valence-corrected chi connectivity index (χ1v) is 7.33. The smallest absolute Gasteiger partial charge is 0.325 e.